The lowest BCUT2D eigenvalue weighted by molar-refractivity contribution is 0.0687. The Hall–Kier alpha value is -0.123. The van der Waals surface area contributed by atoms with Crippen molar-refractivity contribution in [3.8, 4) is 0 Å². The van der Waals surface area contributed by atoms with Crippen molar-refractivity contribution in [2.45, 2.75) is 57.5 Å². The van der Waals surface area contributed by atoms with Gasteiger partial charge in [0.05, 0.1) is 12.2 Å². The summed E-state index contributed by atoms with van der Waals surface area (Å²) in [4.78, 5) is 0. The lowest BCUT2D eigenvalue weighted by atomic mass is 10.2. The predicted molar refractivity (Wildman–Crippen MR) is 61.8 cm³/mol. The molecule has 1 aliphatic carbocycles. The van der Waals surface area contributed by atoms with Gasteiger partial charge in [0.2, 0.25) is 0 Å². The average molecular weight is 214 g/mol. The van der Waals surface area contributed by atoms with Gasteiger partial charge in [0.25, 0.3) is 0 Å². The number of aliphatic hydroxyl groups excluding tert-OH is 1. The van der Waals surface area contributed by atoms with Crippen LogP contribution >= 0.6 is 0 Å². The average Bonchev–Trinajstić information content (AvgIpc) is 2.33. The molecule has 82 valence electrons. The zero-order valence-corrected chi connectivity index (χ0v) is 10.9. The summed E-state index contributed by atoms with van der Waals surface area (Å²) < 4.78 is 6.10. The van der Waals surface area contributed by atoms with Crippen molar-refractivity contribution in [2.75, 3.05) is 0 Å². The molecule has 0 aliphatic heterocycles. The fourth-order valence-electron chi connectivity index (χ4n) is 1.29. The Morgan fingerprint density at radius 1 is 1.36 bits per heavy atom. The molecule has 2 nitrogen and oxygen atoms in total. The molecule has 2 atom stereocenters. The highest BCUT2D eigenvalue weighted by molar-refractivity contribution is 6.74. The quantitative estimate of drug-likeness (QED) is 0.566. The second kappa shape index (κ2) is 3.80. The molecule has 1 N–H and O–H groups in total. The second-order valence-electron chi connectivity index (χ2n) is 5.57. The van der Waals surface area contributed by atoms with E-state index in [0.717, 1.165) is 6.42 Å². The Morgan fingerprint density at radius 2 is 1.93 bits per heavy atom. The van der Waals surface area contributed by atoms with Crippen molar-refractivity contribution >= 4 is 8.32 Å². The number of hydrogen-bond acceptors (Lipinski definition) is 2. The van der Waals surface area contributed by atoms with E-state index in [-0.39, 0.29) is 11.1 Å². The van der Waals surface area contributed by atoms with E-state index >= 15 is 0 Å². The molecule has 0 aromatic rings. The third kappa shape index (κ3) is 2.46. The summed E-state index contributed by atoms with van der Waals surface area (Å²) in [6.45, 7) is 11.1. The SMILES string of the molecule is CC(C)(C)[Si](C)(C)O[C@H]1CC=C[C@@H]1O. The summed E-state index contributed by atoms with van der Waals surface area (Å²) in [5, 5.41) is 9.85. The van der Waals surface area contributed by atoms with Gasteiger partial charge in [-0.3, -0.25) is 0 Å². The van der Waals surface area contributed by atoms with Gasteiger partial charge in [0.15, 0.2) is 8.32 Å². The lowest BCUT2D eigenvalue weighted by Gasteiger charge is -2.39. The molecule has 0 unspecified atom stereocenters. The molecule has 3 heteroatoms. The molecule has 0 bridgehead atoms. The minimum Gasteiger partial charge on any atom is -0.411 e. The summed E-state index contributed by atoms with van der Waals surface area (Å²) in [5.41, 5.74) is 0. The molecule has 0 amide bonds. The van der Waals surface area contributed by atoms with E-state index in [1.807, 2.05) is 12.2 Å². The fraction of sp³-hybridized carbons (Fsp3) is 0.818. The van der Waals surface area contributed by atoms with Gasteiger partial charge in [-0.2, -0.15) is 0 Å². The Kier molecular flexibility index (Phi) is 3.24. The highest BCUT2D eigenvalue weighted by Gasteiger charge is 2.40. The van der Waals surface area contributed by atoms with Crippen LogP contribution in [0.1, 0.15) is 27.2 Å². The van der Waals surface area contributed by atoms with Gasteiger partial charge < -0.3 is 9.53 Å². The van der Waals surface area contributed by atoms with E-state index in [1.54, 1.807) is 0 Å². The van der Waals surface area contributed by atoms with Gasteiger partial charge in [-0.15, -0.1) is 0 Å². The minimum absolute atomic E-state index is 0.00380. The van der Waals surface area contributed by atoms with Gasteiger partial charge >= 0.3 is 0 Å². The van der Waals surface area contributed by atoms with Gasteiger partial charge in [-0.25, -0.2) is 0 Å². The Morgan fingerprint density at radius 3 is 2.29 bits per heavy atom. The fourth-order valence-corrected chi connectivity index (χ4v) is 2.63. The maximum Gasteiger partial charge on any atom is 0.192 e. The topological polar surface area (TPSA) is 29.5 Å². The first-order chi connectivity index (χ1) is 6.24. The smallest absolute Gasteiger partial charge is 0.192 e. The molecule has 0 spiro atoms. The number of rotatable bonds is 2. The predicted octanol–water partition coefficient (Wildman–Crippen LogP) is 2.70. The summed E-state index contributed by atoms with van der Waals surface area (Å²) in [7, 11) is -1.71. The van der Waals surface area contributed by atoms with E-state index in [4.69, 9.17) is 4.43 Å². The Balaban J connectivity index is 2.60. The van der Waals surface area contributed by atoms with E-state index in [9.17, 15) is 5.11 Å². The van der Waals surface area contributed by atoms with Crippen LogP contribution in [0.4, 0.5) is 0 Å². The summed E-state index contributed by atoms with van der Waals surface area (Å²) in [6.07, 6.45) is 4.29. The van der Waals surface area contributed by atoms with E-state index in [1.165, 1.54) is 0 Å². The third-order valence-corrected chi connectivity index (χ3v) is 7.84. The Bertz CT molecular complexity index is 228. The van der Waals surface area contributed by atoms with Gasteiger partial charge in [-0.05, 0) is 24.6 Å². The van der Waals surface area contributed by atoms with Crippen LogP contribution in [0.2, 0.25) is 18.1 Å². The summed E-state index contributed by atoms with van der Waals surface area (Å²) >= 11 is 0. The van der Waals surface area contributed by atoms with Crippen LogP contribution in [-0.4, -0.2) is 25.6 Å². The van der Waals surface area contributed by atoms with Crippen LogP contribution in [0.25, 0.3) is 0 Å². The zero-order valence-electron chi connectivity index (χ0n) is 9.87. The molecule has 1 rings (SSSR count). The normalized spacial score (nSPS) is 28.4. The molecule has 0 aromatic carbocycles. The molecule has 0 heterocycles. The number of aliphatic hydroxyl groups is 1. The highest BCUT2D eigenvalue weighted by Crippen LogP contribution is 2.38. The van der Waals surface area contributed by atoms with Crippen molar-refractivity contribution in [3.63, 3.8) is 0 Å². The van der Waals surface area contributed by atoms with Crippen LogP contribution in [-0.2, 0) is 4.43 Å². The van der Waals surface area contributed by atoms with Crippen LogP contribution in [0.15, 0.2) is 12.2 Å². The molecule has 0 saturated heterocycles. The van der Waals surface area contributed by atoms with E-state index in [0.29, 0.717) is 0 Å². The molecule has 0 aromatic heterocycles. The molecule has 0 fully saturated rings. The molecular weight excluding hydrogens is 192 g/mol. The maximum absolute atomic E-state index is 9.63. The van der Waals surface area contributed by atoms with Crippen LogP contribution in [0.5, 0.6) is 0 Å². The number of hydrogen-bond donors (Lipinski definition) is 1. The minimum atomic E-state index is -1.71. The van der Waals surface area contributed by atoms with Gasteiger partial charge in [-0.1, -0.05) is 32.9 Å². The van der Waals surface area contributed by atoms with Crippen molar-refractivity contribution in [1.82, 2.24) is 0 Å². The standard InChI is InChI=1S/C11H22O2Si/c1-11(2,3)14(4,5)13-10-8-6-7-9(10)12/h6-7,9-10,12H,8H2,1-5H3/t9-,10-/m0/s1. The molecule has 14 heavy (non-hydrogen) atoms. The van der Waals surface area contributed by atoms with Crippen LogP contribution < -0.4 is 0 Å². The molecule has 0 radical (unpaired) electrons. The van der Waals surface area contributed by atoms with Crippen molar-refractivity contribution in [3.05, 3.63) is 12.2 Å². The molecular formula is C11H22O2Si. The lowest BCUT2D eigenvalue weighted by Crippen LogP contribution is -2.45. The maximum atomic E-state index is 9.63. The summed E-state index contributed by atoms with van der Waals surface area (Å²) in [5.74, 6) is 0. The first-order valence-corrected chi connectivity index (χ1v) is 8.17. The van der Waals surface area contributed by atoms with E-state index < -0.39 is 14.4 Å². The van der Waals surface area contributed by atoms with Crippen molar-refractivity contribution < 1.29 is 9.53 Å². The van der Waals surface area contributed by atoms with Crippen LogP contribution in [0, 0.1) is 0 Å². The monoisotopic (exact) mass is 214 g/mol. The van der Waals surface area contributed by atoms with Crippen molar-refractivity contribution in [2.24, 2.45) is 0 Å². The van der Waals surface area contributed by atoms with Crippen molar-refractivity contribution in [1.29, 1.82) is 0 Å². The first-order valence-electron chi connectivity index (χ1n) is 5.26. The Labute approximate surface area is 88.1 Å². The molecule has 1 aliphatic rings. The van der Waals surface area contributed by atoms with Gasteiger partial charge in [0, 0.05) is 0 Å². The van der Waals surface area contributed by atoms with Crippen LogP contribution in [0.3, 0.4) is 0 Å². The zero-order chi connectivity index (χ0) is 11.0. The highest BCUT2D eigenvalue weighted by atomic mass is 28.4. The van der Waals surface area contributed by atoms with E-state index in [2.05, 4.69) is 33.9 Å². The second-order valence-corrected chi connectivity index (χ2v) is 10.3. The van der Waals surface area contributed by atoms with Gasteiger partial charge in [0.1, 0.15) is 0 Å². The summed E-state index contributed by atoms with van der Waals surface area (Å²) in [6, 6.07) is 0. The third-order valence-electron chi connectivity index (χ3n) is 3.33. The largest absolute Gasteiger partial charge is 0.411 e. The molecule has 0 saturated carbocycles. The first kappa shape index (κ1) is 11.9.